The van der Waals surface area contributed by atoms with Crippen molar-refractivity contribution < 1.29 is 32.5 Å². The Kier molecular flexibility index (Phi) is 3.62. The maximum Gasteiger partial charge on any atom is 0.573 e. The molecule has 0 atom stereocenters. The van der Waals surface area contributed by atoms with Crippen LogP contribution in [0.5, 0.6) is 11.5 Å². The number of aromatic carboxylic acids is 1. The number of alkyl halides is 3. The first-order valence-electron chi connectivity index (χ1n) is 4.22. The van der Waals surface area contributed by atoms with Gasteiger partial charge < -0.3 is 19.4 Å². The Balaban J connectivity index is 3.09. The van der Waals surface area contributed by atoms with Crippen LogP contribution < -0.4 is 14.6 Å². The van der Waals surface area contributed by atoms with Crippen LogP contribution in [0.15, 0.2) is 31.0 Å². The fourth-order valence-electron chi connectivity index (χ4n) is 1.06. The van der Waals surface area contributed by atoms with Gasteiger partial charge >= 0.3 is 6.36 Å². The number of carboxylic acids is 1. The van der Waals surface area contributed by atoms with E-state index in [1.807, 2.05) is 0 Å². The highest BCUT2D eigenvalue weighted by atomic mass is 19.4. The summed E-state index contributed by atoms with van der Waals surface area (Å²) < 4.78 is 44.0. The quantitative estimate of drug-likeness (QED) is 0.756. The molecule has 0 aromatic heterocycles. The van der Waals surface area contributed by atoms with Crippen molar-refractivity contribution in [2.45, 2.75) is 6.36 Å². The summed E-state index contributed by atoms with van der Waals surface area (Å²) in [5.74, 6) is -2.53. The second kappa shape index (κ2) is 4.77. The summed E-state index contributed by atoms with van der Waals surface area (Å²) in [4.78, 5) is 10.6. The van der Waals surface area contributed by atoms with Crippen LogP contribution in [-0.4, -0.2) is 12.3 Å². The molecule has 4 nitrogen and oxygen atoms in total. The molecule has 0 spiro atoms. The zero-order valence-corrected chi connectivity index (χ0v) is 8.28. The van der Waals surface area contributed by atoms with Gasteiger partial charge in [-0.25, -0.2) is 0 Å². The minimum Gasteiger partial charge on any atom is -0.545 e. The van der Waals surface area contributed by atoms with E-state index in [9.17, 15) is 23.1 Å². The van der Waals surface area contributed by atoms with Crippen molar-refractivity contribution in [2.24, 2.45) is 0 Å². The summed E-state index contributed by atoms with van der Waals surface area (Å²) in [7, 11) is 0. The average Bonchev–Trinajstić information content (AvgIpc) is 2.15. The van der Waals surface area contributed by atoms with Gasteiger partial charge in [0.25, 0.3) is 0 Å². The molecule has 17 heavy (non-hydrogen) atoms. The number of halogens is 3. The van der Waals surface area contributed by atoms with Crippen LogP contribution in [0.3, 0.4) is 0 Å². The molecular weight excluding hydrogens is 241 g/mol. The van der Waals surface area contributed by atoms with Crippen LogP contribution in [0, 0.1) is 0 Å². The molecule has 0 aliphatic carbocycles. The van der Waals surface area contributed by atoms with E-state index in [-0.39, 0.29) is 5.75 Å². The first kappa shape index (κ1) is 12.9. The molecule has 0 amide bonds. The number of carbonyl (C=O) groups is 1. The molecule has 7 heteroatoms. The second-order valence-corrected chi connectivity index (χ2v) is 2.78. The van der Waals surface area contributed by atoms with E-state index in [2.05, 4.69) is 16.1 Å². The molecule has 0 bridgehead atoms. The lowest BCUT2D eigenvalue weighted by Gasteiger charge is -2.13. The monoisotopic (exact) mass is 247 g/mol. The third-order valence-corrected chi connectivity index (χ3v) is 1.62. The highest BCUT2D eigenvalue weighted by molar-refractivity contribution is 5.89. The Morgan fingerprint density at radius 2 is 2.06 bits per heavy atom. The SMILES string of the molecule is C=COc1cc(OC(F)(F)F)ccc1C(=O)[O-]. The predicted molar refractivity (Wildman–Crippen MR) is 48.3 cm³/mol. The predicted octanol–water partition coefficient (Wildman–Crippen LogP) is 1.47. The topological polar surface area (TPSA) is 58.6 Å². The molecule has 0 radical (unpaired) electrons. The molecule has 1 rings (SSSR count). The lowest BCUT2D eigenvalue weighted by molar-refractivity contribution is -0.274. The maximum absolute atomic E-state index is 11.9. The van der Waals surface area contributed by atoms with Crippen molar-refractivity contribution in [1.82, 2.24) is 0 Å². The molecule has 0 aliphatic rings. The maximum atomic E-state index is 11.9. The van der Waals surface area contributed by atoms with Gasteiger partial charge in [0.2, 0.25) is 0 Å². The van der Waals surface area contributed by atoms with Crippen molar-refractivity contribution in [3.8, 4) is 11.5 Å². The summed E-state index contributed by atoms with van der Waals surface area (Å²) >= 11 is 0. The molecule has 0 saturated heterocycles. The largest absolute Gasteiger partial charge is 0.573 e. The van der Waals surface area contributed by atoms with Gasteiger partial charge in [-0.2, -0.15) is 0 Å². The Morgan fingerprint density at radius 1 is 1.41 bits per heavy atom. The second-order valence-electron chi connectivity index (χ2n) is 2.78. The van der Waals surface area contributed by atoms with E-state index in [0.29, 0.717) is 0 Å². The number of rotatable bonds is 4. The highest BCUT2D eigenvalue weighted by Gasteiger charge is 2.31. The van der Waals surface area contributed by atoms with Gasteiger partial charge in [-0.3, -0.25) is 0 Å². The van der Waals surface area contributed by atoms with Crippen LogP contribution in [0.2, 0.25) is 0 Å². The molecular formula is C10H6F3O4-. The molecule has 0 saturated carbocycles. The fraction of sp³-hybridized carbons (Fsp3) is 0.100. The van der Waals surface area contributed by atoms with Crippen LogP contribution in [0.1, 0.15) is 10.4 Å². The standard InChI is InChI=1S/C10H7F3O4/c1-2-16-8-5-6(17-10(11,12)13)3-4-7(8)9(14)15/h2-5H,1H2,(H,14,15)/p-1. The van der Waals surface area contributed by atoms with Crippen molar-refractivity contribution in [1.29, 1.82) is 0 Å². The molecule has 1 aromatic rings. The highest BCUT2D eigenvalue weighted by Crippen LogP contribution is 2.28. The molecule has 92 valence electrons. The van der Waals surface area contributed by atoms with Gasteiger partial charge in [-0.05, 0) is 12.1 Å². The number of ether oxygens (including phenoxy) is 2. The number of hydrogen-bond acceptors (Lipinski definition) is 4. The number of carboxylic acid groups (broad SMARTS) is 1. The fourth-order valence-corrected chi connectivity index (χ4v) is 1.06. The summed E-state index contributed by atoms with van der Waals surface area (Å²) in [6.45, 7) is 3.16. The third kappa shape index (κ3) is 3.71. The molecule has 0 aliphatic heterocycles. The lowest BCUT2D eigenvalue weighted by atomic mass is 10.2. The molecule has 0 unspecified atom stereocenters. The van der Waals surface area contributed by atoms with E-state index in [1.165, 1.54) is 0 Å². The van der Waals surface area contributed by atoms with Crippen LogP contribution >= 0.6 is 0 Å². The molecule has 0 heterocycles. The number of carbonyl (C=O) groups excluding carboxylic acids is 1. The minimum atomic E-state index is -4.87. The Morgan fingerprint density at radius 3 is 2.53 bits per heavy atom. The summed E-state index contributed by atoms with van der Waals surface area (Å²) in [6, 6.07) is 2.50. The third-order valence-electron chi connectivity index (χ3n) is 1.62. The zero-order chi connectivity index (χ0) is 13.1. The number of hydrogen-bond donors (Lipinski definition) is 0. The Hall–Kier alpha value is -2.18. The van der Waals surface area contributed by atoms with Crippen LogP contribution in [-0.2, 0) is 0 Å². The van der Waals surface area contributed by atoms with E-state index < -0.39 is 23.6 Å². The minimum absolute atomic E-state index is 0.346. The van der Waals surface area contributed by atoms with Crippen molar-refractivity contribution >= 4 is 5.97 Å². The molecule has 0 fully saturated rings. The molecule has 1 aromatic carbocycles. The van der Waals surface area contributed by atoms with E-state index >= 15 is 0 Å². The summed E-state index contributed by atoms with van der Waals surface area (Å²) in [5, 5.41) is 10.6. The van der Waals surface area contributed by atoms with E-state index in [4.69, 9.17) is 0 Å². The van der Waals surface area contributed by atoms with Crippen molar-refractivity contribution in [2.75, 3.05) is 0 Å². The van der Waals surface area contributed by atoms with E-state index in [0.717, 1.165) is 24.5 Å². The van der Waals surface area contributed by atoms with Crippen molar-refractivity contribution in [3.63, 3.8) is 0 Å². The van der Waals surface area contributed by atoms with Crippen LogP contribution in [0.25, 0.3) is 0 Å². The van der Waals surface area contributed by atoms with E-state index in [1.54, 1.807) is 0 Å². The number of benzene rings is 1. The average molecular weight is 247 g/mol. The molecule has 0 N–H and O–H groups in total. The first-order chi connectivity index (χ1) is 7.83. The summed E-state index contributed by atoms with van der Waals surface area (Å²) in [5.41, 5.74) is -0.403. The van der Waals surface area contributed by atoms with Crippen LogP contribution in [0.4, 0.5) is 13.2 Å². The zero-order valence-electron chi connectivity index (χ0n) is 8.28. The van der Waals surface area contributed by atoms with Gasteiger partial charge in [-0.15, -0.1) is 13.2 Å². The smallest absolute Gasteiger partial charge is 0.545 e. The normalized spacial score (nSPS) is 10.8. The van der Waals surface area contributed by atoms with Gasteiger partial charge in [0.05, 0.1) is 12.2 Å². The van der Waals surface area contributed by atoms with Gasteiger partial charge in [-0.1, -0.05) is 6.58 Å². The van der Waals surface area contributed by atoms with Gasteiger partial charge in [0.15, 0.2) is 0 Å². The van der Waals surface area contributed by atoms with Gasteiger partial charge in [0, 0.05) is 11.6 Å². The van der Waals surface area contributed by atoms with Crippen molar-refractivity contribution in [3.05, 3.63) is 36.6 Å². The lowest BCUT2D eigenvalue weighted by Crippen LogP contribution is -2.23. The summed E-state index contributed by atoms with van der Waals surface area (Å²) in [6.07, 6.45) is -3.99. The Labute approximate surface area is 93.9 Å². The first-order valence-corrected chi connectivity index (χ1v) is 4.22. The Bertz CT molecular complexity index is 440. The van der Waals surface area contributed by atoms with Gasteiger partial charge in [0.1, 0.15) is 11.5 Å².